The van der Waals surface area contributed by atoms with Crippen molar-refractivity contribution < 1.29 is 10.0 Å². The van der Waals surface area contributed by atoms with Crippen LogP contribution in [0.2, 0.25) is 5.02 Å². The zero-order valence-corrected chi connectivity index (χ0v) is 9.37. The summed E-state index contributed by atoms with van der Waals surface area (Å²) in [6.07, 6.45) is 0. The van der Waals surface area contributed by atoms with E-state index in [1.807, 2.05) is 0 Å². The molecule has 6 nitrogen and oxygen atoms in total. The number of phenols is 1. The first kappa shape index (κ1) is 12.5. The number of nitrogens with zero attached hydrogens (tertiary/aromatic N) is 2. The van der Waals surface area contributed by atoms with E-state index in [1.165, 1.54) is 0 Å². The first-order chi connectivity index (χ1) is 7.45. The molecular formula is C8H7Cl2N3O3. The summed E-state index contributed by atoms with van der Waals surface area (Å²) < 4.78 is 0. The molecule has 1 rings (SSSR count). The molecule has 0 unspecified atom stereocenters. The van der Waals surface area contributed by atoms with Crippen molar-refractivity contribution in [3.63, 3.8) is 0 Å². The van der Waals surface area contributed by atoms with Crippen molar-refractivity contribution in [1.82, 2.24) is 0 Å². The molecule has 0 amide bonds. The molecule has 0 aliphatic carbocycles. The van der Waals surface area contributed by atoms with Crippen molar-refractivity contribution in [3.05, 3.63) is 27.3 Å². The van der Waals surface area contributed by atoms with Gasteiger partial charge in [-0.15, -0.1) is 11.6 Å². The highest BCUT2D eigenvalue weighted by atomic mass is 35.5. The van der Waals surface area contributed by atoms with Gasteiger partial charge >= 0.3 is 0 Å². The topological polar surface area (TPSA) is 102 Å². The molecule has 0 saturated carbocycles. The zero-order valence-electron chi connectivity index (χ0n) is 7.85. The summed E-state index contributed by atoms with van der Waals surface area (Å²) >= 11 is 11.0. The van der Waals surface area contributed by atoms with Crippen molar-refractivity contribution in [2.75, 3.05) is 5.88 Å². The van der Waals surface area contributed by atoms with Crippen LogP contribution in [0.1, 0.15) is 0 Å². The first-order valence-electron chi connectivity index (χ1n) is 4.01. The van der Waals surface area contributed by atoms with Gasteiger partial charge in [0.15, 0.2) is 0 Å². The van der Waals surface area contributed by atoms with Crippen molar-refractivity contribution in [2.24, 2.45) is 10.7 Å². The SMILES string of the molecule is NC(CCl)=Nc1cc(Cl)c([N+](=O)[O-])cc1O. The van der Waals surface area contributed by atoms with Gasteiger partial charge in [-0.2, -0.15) is 0 Å². The number of amidine groups is 1. The molecule has 86 valence electrons. The fraction of sp³-hybridized carbons (Fsp3) is 0.125. The molecule has 0 bridgehead atoms. The van der Waals surface area contributed by atoms with E-state index in [9.17, 15) is 15.2 Å². The number of rotatable bonds is 3. The predicted molar refractivity (Wildman–Crippen MR) is 61.8 cm³/mol. The van der Waals surface area contributed by atoms with Crippen molar-refractivity contribution in [2.45, 2.75) is 0 Å². The van der Waals surface area contributed by atoms with Crippen LogP contribution in [0, 0.1) is 10.1 Å². The molecule has 3 N–H and O–H groups in total. The van der Waals surface area contributed by atoms with Crippen LogP contribution in [0.25, 0.3) is 0 Å². The second-order valence-corrected chi connectivity index (χ2v) is 3.46. The van der Waals surface area contributed by atoms with E-state index in [4.69, 9.17) is 28.9 Å². The van der Waals surface area contributed by atoms with Gasteiger partial charge in [0, 0.05) is 0 Å². The molecule has 1 aromatic rings. The molecule has 16 heavy (non-hydrogen) atoms. The van der Waals surface area contributed by atoms with Crippen molar-refractivity contribution in [3.8, 4) is 5.75 Å². The van der Waals surface area contributed by atoms with Gasteiger partial charge in [0.2, 0.25) is 0 Å². The molecule has 0 saturated heterocycles. The van der Waals surface area contributed by atoms with Crippen LogP contribution in [0.3, 0.4) is 0 Å². The Balaban J connectivity index is 3.26. The average Bonchev–Trinajstić information content (AvgIpc) is 2.22. The fourth-order valence-electron chi connectivity index (χ4n) is 0.954. The van der Waals surface area contributed by atoms with Gasteiger partial charge in [-0.05, 0) is 6.07 Å². The van der Waals surface area contributed by atoms with E-state index in [1.54, 1.807) is 0 Å². The summed E-state index contributed by atoms with van der Waals surface area (Å²) in [6, 6.07) is 2.05. The Morgan fingerprint density at radius 2 is 2.25 bits per heavy atom. The molecule has 0 aliphatic rings. The summed E-state index contributed by atoms with van der Waals surface area (Å²) in [4.78, 5) is 13.5. The number of aromatic hydroxyl groups is 1. The average molecular weight is 264 g/mol. The number of halogens is 2. The van der Waals surface area contributed by atoms with E-state index in [0.717, 1.165) is 12.1 Å². The highest BCUT2D eigenvalue weighted by Crippen LogP contribution is 2.36. The van der Waals surface area contributed by atoms with E-state index >= 15 is 0 Å². The number of phenolic OH excluding ortho intramolecular Hbond substituents is 1. The molecule has 0 aromatic heterocycles. The molecule has 0 fully saturated rings. The van der Waals surface area contributed by atoms with Crippen LogP contribution < -0.4 is 5.73 Å². The van der Waals surface area contributed by atoms with Crippen LogP contribution in [-0.4, -0.2) is 21.7 Å². The Hall–Kier alpha value is -1.53. The molecule has 0 heterocycles. The first-order valence-corrected chi connectivity index (χ1v) is 4.93. The monoisotopic (exact) mass is 263 g/mol. The molecule has 0 aliphatic heterocycles. The largest absolute Gasteiger partial charge is 0.505 e. The molecular weight excluding hydrogens is 257 g/mol. The minimum Gasteiger partial charge on any atom is -0.505 e. The van der Waals surface area contributed by atoms with Gasteiger partial charge in [-0.1, -0.05) is 11.6 Å². The summed E-state index contributed by atoms with van der Waals surface area (Å²) in [7, 11) is 0. The van der Waals surface area contributed by atoms with Crippen LogP contribution >= 0.6 is 23.2 Å². The number of nitro groups is 1. The number of alkyl halides is 1. The number of nitro benzene ring substituents is 1. The Morgan fingerprint density at radius 3 is 2.75 bits per heavy atom. The lowest BCUT2D eigenvalue weighted by Crippen LogP contribution is -2.12. The second kappa shape index (κ2) is 5.00. The number of hydrogen-bond donors (Lipinski definition) is 2. The zero-order chi connectivity index (χ0) is 12.3. The van der Waals surface area contributed by atoms with Gasteiger partial charge in [-0.3, -0.25) is 10.1 Å². The van der Waals surface area contributed by atoms with Gasteiger partial charge < -0.3 is 10.8 Å². The molecule has 0 spiro atoms. The summed E-state index contributed by atoms with van der Waals surface area (Å²) in [5, 5.41) is 19.8. The normalized spacial score (nSPS) is 11.5. The predicted octanol–water partition coefficient (Wildman–Crippen LogP) is 2.18. The second-order valence-electron chi connectivity index (χ2n) is 2.79. The fourth-order valence-corrected chi connectivity index (χ4v) is 1.24. The quantitative estimate of drug-likeness (QED) is 0.287. The van der Waals surface area contributed by atoms with Crippen molar-refractivity contribution >= 4 is 40.4 Å². The molecule has 0 atom stereocenters. The standard InChI is InChI=1S/C8H7Cl2N3O3/c9-3-8(11)12-5-1-4(10)6(13(15)16)2-7(5)14/h1-2,14H,3H2,(H2,11,12). The Kier molecular flexibility index (Phi) is 3.92. The lowest BCUT2D eigenvalue weighted by molar-refractivity contribution is -0.384. The third-order valence-corrected chi connectivity index (χ3v) is 2.22. The Labute approximate surface area is 100 Å². The maximum Gasteiger partial charge on any atom is 0.291 e. The van der Waals surface area contributed by atoms with E-state index in [2.05, 4.69) is 4.99 Å². The molecule has 0 radical (unpaired) electrons. The Morgan fingerprint density at radius 1 is 1.62 bits per heavy atom. The van der Waals surface area contributed by atoms with E-state index < -0.39 is 10.6 Å². The number of nitrogens with two attached hydrogens (primary N) is 1. The number of aliphatic imine (C=N–C) groups is 1. The van der Waals surface area contributed by atoms with Crippen LogP contribution in [0.4, 0.5) is 11.4 Å². The van der Waals surface area contributed by atoms with Crippen molar-refractivity contribution in [1.29, 1.82) is 0 Å². The highest BCUT2D eigenvalue weighted by molar-refractivity contribution is 6.33. The van der Waals surface area contributed by atoms with E-state index in [0.29, 0.717) is 0 Å². The maximum absolute atomic E-state index is 10.5. The number of hydrogen-bond acceptors (Lipinski definition) is 4. The lowest BCUT2D eigenvalue weighted by atomic mass is 10.2. The third kappa shape index (κ3) is 2.74. The maximum atomic E-state index is 10.5. The summed E-state index contributed by atoms with van der Waals surface area (Å²) in [6.45, 7) is 0. The van der Waals surface area contributed by atoms with Gasteiger partial charge in [0.25, 0.3) is 5.69 Å². The smallest absolute Gasteiger partial charge is 0.291 e. The summed E-state index contributed by atoms with van der Waals surface area (Å²) in [5.74, 6) is -0.334. The minimum absolute atomic E-state index is 0.0198. The van der Waals surface area contributed by atoms with Crippen LogP contribution in [-0.2, 0) is 0 Å². The lowest BCUT2D eigenvalue weighted by Gasteiger charge is -2.02. The van der Waals surface area contributed by atoms with E-state index in [-0.39, 0.29) is 28.2 Å². The van der Waals surface area contributed by atoms with Gasteiger partial charge in [0.05, 0.1) is 16.9 Å². The molecule has 1 aromatic carbocycles. The summed E-state index contributed by atoms with van der Waals surface area (Å²) in [5.41, 5.74) is 4.99. The third-order valence-electron chi connectivity index (χ3n) is 1.64. The Bertz CT molecular complexity index is 462. The number of benzene rings is 1. The van der Waals surface area contributed by atoms with Gasteiger partial charge in [-0.25, -0.2) is 4.99 Å². The van der Waals surface area contributed by atoms with Crippen LogP contribution in [0.15, 0.2) is 17.1 Å². The highest BCUT2D eigenvalue weighted by Gasteiger charge is 2.16. The van der Waals surface area contributed by atoms with Gasteiger partial charge in [0.1, 0.15) is 22.3 Å². The molecule has 8 heteroatoms. The van der Waals surface area contributed by atoms with Crippen LogP contribution in [0.5, 0.6) is 5.75 Å². The minimum atomic E-state index is -0.708.